The average molecular weight is 488 g/mol. The van der Waals surface area contributed by atoms with Gasteiger partial charge in [0.2, 0.25) is 5.43 Å². The minimum absolute atomic E-state index is 0.0238. The van der Waals surface area contributed by atoms with Gasteiger partial charge < -0.3 is 19.5 Å². The summed E-state index contributed by atoms with van der Waals surface area (Å²) in [6.45, 7) is 0.758. The maximum Gasteiger partial charge on any atom is 0.341 e. The highest BCUT2D eigenvalue weighted by Crippen LogP contribution is 2.41. The molecule has 6 rings (SSSR count). The van der Waals surface area contributed by atoms with Gasteiger partial charge in [-0.2, -0.15) is 0 Å². The van der Waals surface area contributed by atoms with Crippen LogP contribution in [0.1, 0.15) is 29.2 Å². The fraction of sp³-hybridized carbons (Fsp3) is 0.214. The van der Waals surface area contributed by atoms with Crippen molar-refractivity contribution >= 4 is 33.9 Å². The molecule has 4 aromatic rings. The SMILES string of the molecule is O=C(O)c1cn(C2CC2)c2c(F)c(N3CC(N(c4ccccc4)c4ccccc4)C3)c(F)cc2c1=O. The Morgan fingerprint density at radius 2 is 1.53 bits per heavy atom. The van der Waals surface area contributed by atoms with Crippen LogP contribution in [0.3, 0.4) is 0 Å². The van der Waals surface area contributed by atoms with Crippen LogP contribution in [0.5, 0.6) is 0 Å². The molecule has 2 aliphatic rings. The summed E-state index contributed by atoms with van der Waals surface area (Å²) in [5.74, 6) is -3.10. The monoisotopic (exact) mass is 487 g/mol. The van der Waals surface area contributed by atoms with Crippen molar-refractivity contribution in [3.8, 4) is 0 Å². The van der Waals surface area contributed by atoms with Crippen molar-refractivity contribution in [2.75, 3.05) is 22.9 Å². The molecule has 1 aliphatic heterocycles. The van der Waals surface area contributed by atoms with E-state index < -0.39 is 28.6 Å². The number of halogens is 2. The molecule has 1 aromatic heterocycles. The first kappa shape index (κ1) is 22.3. The smallest absolute Gasteiger partial charge is 0.341 e. The van der Waals surface area contributed by atoms with Crippen LogP contribution in [-0.2, 0) is 0 Å². The highest BCUT2D eigenvalue weighted by Gasteiger charge is 2.38. The molecule has 36 heavy (non-hydrogen) atoms. The standard InChI is InChI=1S/C28H23F2N3O3/c29-23-13-21-25(32(17-11-12-17)16-22(27(21)34)28(35)36)24(30)26(23)31-14-20(15-31)33(18-7-3-1-4-8-18)19-9-5-2-6-10-19/h1-10,13,16-17,20H,11-12,14-15H2,(H,35,36). The van der Waals surface area contributed by atoms with E-state index in [-0.39, 0.29) is 28.7 Å². The van der Waals surface area contributed by atoms with Crippen LogP contribution in [0.25, 0.3) is 10.9 Å². The third kappa shape index (κ3) is 3.61. The van der Waals surface area contributed by atoms with Crippen LogP contribution in [0.4, 0.5) is 25.8 Å². The van der Waals surface area contributed by atoms with Gasteiger partial charge in [0.15, 0.2) is 5.82 Å². The van der Waals surface area contributed by atoms with E-state index in [2.05, 4.69) is 4.90 Å². The van der Waals surface area contributed by atoms with Crippen molar-refractivity contribution in [1.29, 1.82) is 0 Å². The van der Waals surface area contributed by atoms with Gasteiger partial charge in [-0.25, -0.2) is 13.6 Å². The summed E-state index contributed by atoms with van der Waals surface area (Å²) in [4.78, 5) is 28.1. The summed E-state index contributed by atoms with van der Waals surface area (Å²) in [7, 11) is 0. The fourth-order valence-electron chi connectivity index (χ4n) is 5.06. The second-order valence-electron chi connectivity index (χ2n) is 9.33. The Bertz CT molecular complexity index is 1490. The molecule has 1 aliphatic carbocycles. The fourth-order valence-corrected chi connectivity index (χ4v) is 5.06. The molecular formula is C28H23F2N3O3. The highest BCUT2D eigenvalue weighted by atomic mass is 19.1. The van der Waals surface area contributed by atoms with Crippen molar-refractivity contribution in [3.05, 3.63) is 100 Å². The summed E-state index contributed by atoms with van der Waals surface area (Å²) in [5.41, 5.74) is 0.395. The number of rotatable bonds is 6. The minimum atomic E-state index is -1.41. The highest BCUT2D eigenvalue weighted by molar-refractivity contribution is 5.94. The first-order valence-corrected chi connectivity index (χ1v) is 11.9. The van der Waals surface area contributed by atoms with E-state index in [1.54, 1.807) is 4.90 Å². The molecule has 1 saturated heterocycles. The lowest BCUT2D eigenvalue weighted by Crippen LogP contribution is -2.59. The maximum atomic E-state index is 15.9. The molecule has 3 aromatic carbocycles. The second kappa shape index (κ2) is 8.48. The molecular weight excluding hydrogens is 464 g/mol. The molecule has 2 heterocycles. The Morgan fingerprint density at radius 3 is 2.06 bits per heavy atom. The zero-order chi connectivity index (χ0) is 25.0. The Labute approximate surface area is 205 Å². The van der Waals surface area contributed by atoms with Crippen LogP contribution < -0.4 is 15.2 Å². The minimum Gasteiger partial charge on any atom is -0.477 e. The van der Waals surface area contributed by atoms with E-state index in [0.29, 0.717) is 13.1 Å². The lowest BCUT2D eigenvalue weighted by atomic mass is 10.0. The van der Waals surface area contributed by atoms with Crippen LogP contribution in [0.15, 0.2) is 77.7 Å². The zero-order valence-corrected chi connectivity index (χ0v) is 19.3. The molecule has 2 fully saturated rings. The van der Waals surface area contributed by atoms with Crippen molar-refractivity contribution < 1.29 is 18.7 Å². The van der Waals surface area contributed by atoms with Crippen LogP contribution in [0, 0.1) is 11.6 Å². The zero-order valence-electron chi connectivity index (χ0n) is 19.3. The number of anilines is 3. The van der Waals surface area contributed by atoms with Crippen LogP contribution >= 0.6 is 0 Å². The van der Waals surface area contributed by atoms with Gasteiger partial charge in [-0.3, -0.25) is 4.79 Å². The quantitative estimate of drug-likeness (QED) is 0.398. The number of hydrogen-bond acceptors (Lipinski definition) is 4. The maximum absolute atomic E-state index is 15.9. The molecule has 0 atom stereocenters. The summed E-state index contributed by atoms with van der Waals surface area (Å²) >= 11 is 0. The van der Waals surface area contributed by atoms with Crippen LogP contribution in [0.2, 0.25) is 0 Å². The van der Waals surface area contributed by atoms with E-state index in [1.165, 1.54) is 10.8 Å². The van der Waals surface area contributed by atoms with Gasteiger partial charge in [0.05, 0.1) is 16.9 Å². The molecule has 182 valence electrons. The Morgan fingerprint density at radius 1 is 0.944 bits per heavy atom. The van der Waals surface area contributed by atoms with Crippen molar-refractivity contribution in [2.24, 2.45) is 0 Å². The Kier molecular flexibility index (Phi) is 5.25. The van der Waals surface area contributed by atoms with Crippen molar-refractivity contribution in [1.82, 2.24) is 4.57 Å². The number of carbonyl (C=O) groups is 1. The molecule has 1 N–H and O–H groups in total. The first-order valence-electron chi connectivity index (χ1n) is 11.9. The Hall–Kier alpha value is -4.20. The number of pyridine rings is 1. The van der Waals surface area contributed by atoms with Crippen LogP contribution in [-0.4, -0.2) is 34.8 Å². The third-order valence-corrected chi connectivity index (χ3v) is 6.97. The van der Waals surface area contributed by atoms with Gasteiger partial charge in [0.25, 0.3) is 0 Å². The largest absolute Gasteiger partial charge is 0.477 e. The van der Waals surface area contributed by atoms with E-state index in [1.807, 2.05) is 60.7 Å². The number of para-hydroxylation sites is 2. The number of benzene rings is 3. The number of carboxylic acids is 1. The molecule has 6 nitrogen and oxygen atoms in total. The number of hydrogen-bond donors (Lipinski definition) is 1. The molecule has 0 bridgehead atoms. The molecule has 0 amide bonds. The summed E-state index contributed by atoms with van der Waals surface area (Å²) in [6, 6.07) is 20.5. The van der Waals surface area contributed by atoms with E-state index in [4.69, 9.17) is 0 Å². The van der Waals surface area contributed by atoms with Gasteiger partial charge in [0, 0.05) is 36.7 Å². The van der Waals surface area contributed by atoms with Crippen molar-refractivity contribution in [3.63, 3.8) is 0 Å². The van der Waals surface area contributed by atoms with E-state index in [9.17, 15) is 14.7 Å². The second-order valence-corrected chi connectivity index (χ2v) is 9.33. The molecule has 0 spiro atoms. The molecule has 0 unspecified atom stereocenters. The van der Waals surface area contributed by atoms with Gasteiger partial charge in [-0.1, -0.05) is 36.4 Å². The number of nitrogens with zero attached hydrogens (tertiary/aromatic N) is 3. The number of aromatic carboxylic acids is 1. The number of fused-ring (bicyclic) bond motifs is 1. The van der Waals surface area contributed by atoms with Gasteiger partial charge >= 0.3 is 5.97 Å². The lowest BCUT2D eigenvalue weighted by molar-refractivity contribution is 0.0694. The number of carboxylic acid groups (broad SMARTS) is 1. The average Bonchev–Trinajstić information content (AvgIpc) is 3.69. The summed E-state index contributed by atoms with van der Waals surface area (Å²) < 4.78 is 32.7. The molecule has 8 heteroatoms. The van der Waals surface area contributed by atoms with E-state index >= 15 is 8.78 Å². The van der Waals surface area contributed by atoms with Gasteiger partial charge in [0.1, 0.15) is 17.1 Å². The predicted molar refractivity (Wildman–Crippen MR) is 134 cm³/mol. The Balaban J connectivity index is 1.39. The van der Waals surface area contributed by atoms with Gasteiger partial charge in [-0.15, -0.1) is 0 Å². The lowest BCUT2D eigenvalue weighted by Gasteiger charge is -2.47. The molecule has 1 saturated carbocycles. The predicted octanol–water partition coefficient (Wildman–Crippen LogP) is 5.34. The third-order valence-electron chi connectivity index (χ3n) is 6.97. The number of aromatic nitrogens is 1. The first-order chi connectivity index (χ1) is 17.4. The van der Waals surface area contributed by atoms with Gasteiger partial charge in [-0.05, 0) is 43.2 Å². The topological polar surface area (TPSA) is 65.8 Å². The van der Waals surface area contributed by atoms with E-state index in [0.717, 1.165) is 30.3 Å². The summed E-state index contributed by atoms with van der Waals surface area (Å²) in [5, 5.41) is 9.19. The molecule has 0 radical (unpaired) electrons. The summed E-state index contributed by atoms with van der Waals surface area (Å²) in [6.07, 6.45) is 2.69. The normalized spacial score (nSPS) is 15.7. The van der Waals surface area contributed by atoms with Crippen molar-refractivity contribution in [2.45, 2.75) is 24.9 Å².